The third kappa shape index (κ3) is 4.82. The Balaban J connectivity index is 1.74. The predicted molar refractivity (Wildman–Crippen MR) is 106 cm³/mol. The molecule has 0 aliphatic heterocycles. The zero-order valence-corrected chi connectivity index (χ0v) is 15.9. The number of nitrogens with zero attached hydrogens (tertiary/aromatic N) is 1. The number of benzene rings is 2. The molecule has 138 valence electrons. The second-order valence-corrected chi connectivity index (χ2v) is 8.53. The van der Waals surface area contributed by atoms with E-state index >= 15 is 0 Å². The molecule has 26 heavy (non-hydrogen) atoms. The lowest BCUT2D eigenvalue weighted by Crippen LogP contribution is -2.36. The van der Waals surface area contributed by atoms with Crippen molar-refractivity contribution in [3.8, 4) is 0 Å². The van der Waals surface area contributed by atoms with E-state index < -0.39 is 10.8 Å². The molecule has 0 radical (unpaired) electrons. The molecule has 2 atom stereocenters. The molecule has 2 aromatic carbocycles. The van der Waals surface area contributed by atoms with Gasteiger partial charge in [0.1, 0.15) is 0 Å². The van der Waals surface area contributed by atoms with E-state index in [0.29, 0.717) is 18.2 Å². The zero-order valence-electron chi connectivity index (χ0n) is 15.1. The van der Waals surface area contributed by atoms with Gasteiger partial charge in [0.2, 0.25) is 6.41 Å². The van der Waals surface area contributed by atoms with Gasteiger partial charge in [-0.05, 0) is 36.5 Å². The average molecular weight is 370 g/mol. The molecule has 1 fully saturated rings. The molecule has 3 nitrogen and oxygen atoms in total. The van der Waals surface area contributed by atoms with Gasteiger partial charge >= 0.3 is 0 Å². The lowest BCUT2D eigenvalue weighted by Gasteiger charge is -2.37. The summed E-state index contributed by atoms with van der Waals surface area (Å²) in [4.78, 5) is 14.6. The first-order valence-electron chi connectivity index (χ1n) is 9.49. The predicted octanol–water partition coefficient (Wildman–Crippen LogP) is 4.57. The topological polar surface area (TPSA) is 37.4 Å². The van der Waals surface area contributed by atoms with Gasteiger partial charge in [0.25, 0.3) is 0 Å². The van der Waals surface area contributed by atoms with Crippen LogP contribution in [0.2, 0.25) is 0 Å². The highest BCUT2D eigenvalue weighted by Gasteiger charge is 2.29. The van der Waals surface area contributed by atoms with Gasteiger partial charge in [-0.3, -0.25) is 9.00 Å². The Morgan fingerprint density at radius 2 is 1.58 bits per heavy atom. The molecule has 0 bridgehead atoms. The van der Waals surface area contributed by atoms with Gasteiger partial charge in [-0.15, -0.1) is 0 Å². The van der Waals surface area contributed by atoms with E-state index in [0.717, 1.165) is 24.1 Å². The highest BCUT2D eigenvalue weighted by Crippen LogP contribution is 2.37. The molecule has 3 rings (SSSR count). The first-order chi connectivity index (χ1) is 12.8. The van der Waals surface area contributed by atoms with E-state index in [9.17, 15) is 9.00 Å². The number of hydrogen-bond acceptors (Lipinski definition) is 2. The van der Waals surface area contributed by atoms with E-state index in [4.69, 9.17) is 0 Å². The van der Waals surface area contributed by atoms with Crippen molar-refractivity contribution in [1.29, 1.82) is 0 Å². The van der Waals surface area contributed by atoms with E-state index in [-0.39, 0.29) is 6.04 Å². The van der Waals surface area contributed by atoms with Crippen molar-refractivity contribution in [3.63, 3.8) is 0 Å². The normalized spacial score (nSPS) is 17.4. The molecule has 0 N–H and O–H groups in total. The van der Waals surface area contributed by atoms with Crippen LogP contribution in [0.15, 0.2) is 65.6 Å². The maximum Gasteiger partial charge on any atom is 0.210 e. The SMILES string of the molecule is O=CN(CCS(=O)c1ccccc1)C(c1ccccc1)C1CCCCC1. The number of carbonyl (C=O) groups excluding carboxylic acids is 1. The number of carbonyl (C=O) groups is 1. The maximum atomic E-state index is 12.6. The van der Waals surface area contributed by atoms with Gasteiger partial charge in [0.15, 0.2) is 0 Å². The molecule has 1 aliphatic rings. The summed E-state index contributed by atoms with van der Waals surface area (Å²) in [6.07, 6.45) is 7.02. The van der Waals surface area contributed by atoms with Crippen molar-refractivity contribution in [2.24, 2.45) is 5.92 Å². The molecule has 0 spiro atoms. The van der Waals surface area contributed by atoms with Crippen LogP contribution in [0.25, 0.3) is 0 Å². The second kappa shape index (κ2) is 9.67. The fourth-order valence-electron chi connectivity index (χ4n) is 3.97. The highest BCUT2D eigenvalue weighted by atomic mass is 32.2. The molecule has 4 heteroatoms. The highest BCUT2D eigenvalue weighted by molar-refractivity contribution is 7.85. The Labute approximate surface area is 158 Å². The molecular weight excluding hydrogens is 342 g/mol. The Hall–Kier alpha value is -1.94. The number of amides is 1. The van der Waals surface area contributed by atoms with Crippen molar-refractivity contribution in [1.82, 2.24) is 4.90 Å². The third-order valence-electron chi connectivity index (χ3n) is 5.27. The summed E-state index contributed by atoms with van der Waals surface area (Å²) in [6, 6.07) is 19.9. The molecule has 0 saturated heterocycles. The van der Waals surface area contributed by atoms with Crippen LogP contribution in [0.4, 0.5) is 0 Å². The number of rotatable bonds is 8. The van der Waals surface area contributed by atoms with Crippen LogP contribution in [-0.2, 0) is 15.6 Å². The van der Waals surface area contributed by atoms with Crippen LogP contribution in [0.1, 0.15) is 43.7 Å². The van der Waals surface area contributed by atoms with Crippen LogP contribution in [0, 0.1) is 5.92 Å². The molecule has 2 unspecified atom stereocenters. The molecular formula is C22H27NO2S. The van der Waals surface area contributed by atoms with Gasteiger partial charge in [0, 0.05) is 17.2 Å². The summed E-state index contributed by atoms with van der Waals surface area (Å²) in [5.41, 5.74) is 1.19. The summed E-state index contributed by atoms with van der Waals surface area (Å²) < 4.78 is 12.6. The zero-order chi connectivity index (χ0) is 18.2. The van der Waals surface area contributed by atoms with Gasteiger partial charge < -0.3 is 4.90 Å². The van der Waals surface area contributed by atoms with Gasteiger partial charge in [-0.25, -0.2) is 0 Å². The van der Waals surface area contributed by atoms with Crippen LogP contribution in [0.5, 0.6) is 0 Å². The van der Waals surface area contributed by atoms with Crippen LogP contribution in [-0.4, -0.2) is 27.8 Å². The minimum atomic E-state index is -1.08. The summed E-state index contributed by atoms with van der Waals surface area (Å²) in [5, 5.41) is 0. The maximum absolute atomic E-state index is 12.6. The van der Waals surface area contributed by atoms with Gasteiger partial charge in [-0.2, -0.15) is 0 Å². The van der Waals surface area contributed by atoms with Crippen molar-refractivity contribution in [2.45, 2.75) is 43.0 Å². The minimum absolute atomic E-state index is 0.0850. The van der Waals surface area contributed by atoms with E-state index in [1.165, 1.54) is 24.8 Å². The van der Waals surface area contributed by atoms with Crippen molar-refractivity contribution in [3.05, 3.63) is 66.2 Å². The fourth-order valence-corrected chi connectivity index (χ4v) is 5.04. The average Bonchev–Trinajstić information content (AvgIpc) is 2.72. The lowest BCUT2D eigenvalue weighted by atomic mass is 9.80. The summed E-state index contributed by atoms with van der Waals surface area (Å²) in [7, 11) is -1.08. The Bertz CT molecular complexity index is 699. The molecule has 0 heterocycles. The standard InChI is InChI=1S/C22H27NO2S/c24-18-23(16-17-26(25)21-14-8-3-9-15-21)22(19-10-4-1-5-11-19)20-12-6-2-7-13-20/h1,3-5,8-11,14-15,18,20,22H,2,6-7,12-13,16-17H2. The Morgan fingerprint density at radius 3 is 2.19 bits per heavy atom. The van der Waals surface area contributed by atoms with E-state index in [1.54, 1.807) is 0 Å². The Kier molecular flexibility index (Phi) is 7.01. The quantitative estimate of drug-likeness (QED) is 0.639. The molecule has 1 saturated carbocycles. The smallest absolute Gasteiger partial charge is 0.210 e. The van der Waals surface area contributed by atoms with Crippen molar-refractivity contribution < 1.29 is 9.00 Å². The van der Waals surface area contributed by atoms with Gasteiger partial charge in [0.05, 0.1) is 16.8 Å². The van der Waals surface area contributed by atoms with Crippen LogP contribution < -0.4 is 0 Å². The lowest BCUT2D eigenvalue weighted by molar-refractivity contribution is -0.121. The Morgan fingerprint density at radius 1 is 0.962 bits per heavy atom. The molecule has 2 aromatic rings. The first-order valence-corrected chi connectivity index (χ1v) is 10.8. The molecule has 1 amide bonds. The number of hydrogen-bond donors (Lipinski definition) is 0. The van der Waals surface area contributed by atoms with Crippen LogP contribution >= 0.6 is 0 Å². The monoisotopic (exact) mass is 369 g/mol. The summed E-state index contributed by atoms with van der Waals surface area (Å²) in [5.74, 6) is 0.959. The largest absolute Gasteiger partial charge is 0.337 e. The third-order valence-corrected chi connectivity index (χ3v) is 6.62. The first kappa shape index (κ1) is 18.8. The summed E-state index contributed by atoms with van der Waals surface area (Å²) >= 11 is 0. The van der Waals surface area contributed by atoms with Crippen LogP contribution in [0.3, 0.4) is 0 Å². The summed E-state index contributed by atoms with van der Waals surface area (Å²) in [6.45, 7) is 0.515. The van der Waals surface area contributed by atoms with E-state index in [2.05, 4.69) is 12.1 Å². The van der Waals surface area contributed by atoms with Crippen molar-refractivity contribution >= 4 is 17.2 Å². The van der Waals surface area contributed by atoms with Crippen molar-refractivity contribution in [2.75, 3.05) is 12.3 Å². The second-order valence-electron chi connectivity index (χ2n) is 6.96. The van der Waals surface area contributed by atoms with Gasteiger partial charge in [-0.1, -0.05) is 67.8 Å². The molecule has 1 aliphatic carbocycles. The fraction of sp³-hybridized carbons (Fsp3) is 0.409. The van der Waals surface area contributed by atoms with E-state index in [1.807, 2.05) is 53.4 Å². The minimum Gasteiger partial charge on any atom is -0.337 e. The molecule has 0 aromatic heterocycles.